The second-order valence-electron chi connectivity index (χ2n) is 12.6. The van der Waals surface area contributed by atoms with Crippen LogP contribution in [-0.4, -0.2) is 44.0 Å². The summed E-state index contributed by atoms with van der Waals surface area (Å²) in [6, 6.07) is 22.7. The number of carbonyl (C=O) groups is 4. The Kier molecular flexibility index (Phi) is 6.54. The number of hydrazine groups is 1. The number of hydroxylamine groups is 2. The summed E-state index contributed by atoms with van der Waals surface area (Å²) in [5.74, 6) is -7.74. The molecule has 11 heteroatoms. The van der Waals surface area contributed by atoms with Crippen LogP contribution in [0.2, 0.25) is 5.02 Å². The van der Waals surface area contributed by atoms with Gasteiger partial charge in [0.15, 0.2) is 0 Å². The van der Waals surface area contributed by atoms with E-state index in [9.17, 15) is 29.1 Å². The fourth-order valence-electron chi connectivity index (χ4n) is 8.49. The highest BCUT2D eigenvalue weighted by molar-refractivity contribution is 6.30. The van der Waals surface area contributed by atoms with Crippen molar-refractivity contribution in [2.45, 2.75) is 24.2 Å². The zero-order chi connectivity index (χ0) is 32.8. The van der Waals surface area contributed by atoms with Crippen molar-refractivity contribution in [2.24, 2.45) is 23.7 Å². The molecule has 4 aliphatic rings. The van der Waals surface area contributed by atoms with E-state index in [0.29, 0.717) is 32.8 Å². The highest BCUT2D eigenvalue weighted by Crippen LogP contribution is 2.65. The van der Waals surface area contributed by atoms with Crippen molar-refractivity contribution in [3.05, 3.63) is 119 Å². The van der Waals surface area contributed by atoms with Crippen LogP contribution < -0.4 is 5.43 Å². The molecule has 2 aliphatic heterocycles. The third-order valence-electron chi connectivity index (χ3n) is 10.5. The summed E-state index contributed by atoms with van der Waals surface area (Å²) < 4.78 is 13.8. The number of imide groups is 2. The molecule has 0 bridgehead atoms. The van der Waals surface area contributed by atoms with Gasteiger partial charge in [-0.2, -0.15) is 10.1 Å². The van der Waals surface area contributed by atoms with Crippen LogP contribution in [-0.2, 0) is 24.6 Å². The lowest BCUT2D eigenvalue weighted by Crippen LogP contribution is -2.53. The third-order valence-corrected chi connectivity index (χ3v) is 10.7. The van der Waals surface area contributed by atoms with Crippen molar-refractivity contribution >= 4 is 51.7 Å². The summed E-state index contributed by atoms with van der Waals surface area (Å²) in [6.07, 6.45) is 1.97. The number of hydrogen-bond acceptors (Lipinski definition) is 7. The van der Waals surface area contributed by atoms with Gasteiger partial charge in [-0.1, -0.05) is 71.8 Å². The maximum Gasteiger partial charge on any atom is 0.260 e. The summed E-state index contributed by atoms with van der Waals surface area (Å²) in [5.41, 5.74) is 3.04. The average molecular weight is 652 g/mol. The molecule has 4 amide bonds. The van der Waals surface area contributed by atoms with Gasteiger partial charge in [0, 0.05) is 21.9 Å². The Balaban J connectivity index is 1.40. The number of rotatable bonds is 4. The van der Waals surface area contributed by atoms with E-state index in [1.807, 2.05) is 24.3 Å². The lowest BCUT2D eigenvalue weighted by Gasteiger charge is -2.50. The molecule has 0 radical (unpaired) electrons. The highest BCUT2D eigenvalue weighted by atomic mass is 35.5. The second-order valence-corrected chi connectivity index (χ2v) is 13.0. The minimum absolute atomic E-state index is 0.0134. The SMILES string of the molecule is O=C1[C@H]2[C@H](CC=C3[C@H]2C[C@H]2C(=O)N(Nc4ccc(F)cc4)C(=O)[C@@]2(c2ccc(Cl)cc2)[C@H]3c2ccc3ccccc3c2O)C(=O)N1O. The molecule has 0 aromatic heterocycles. The van der Waals surface area contributed by atoms with Gasteiger partial charge in [0.25, 0.3) is 23.6 Å². The molecule has 0 spiro atoms. The molecule has 236 valence electrons. The molecule has 3 N–H and O–H groups in total. The van der Waals surface area contributed by atoms with Crippen molar-refractivity contribution in [1.29, 1.82) is 0 Å². The van der Waals surface area contributed by atoms with Crippen LogP contribution in [0, 0.1) is 29.5 Å². The topological polar surface area (TPSA) is 127 Å². The van der Waals surface area contributed by atoms with Gasteiger partial charge in [-0.15, -0.1) is 0 Å². The minimum Gasteiger partial charge on any atom is -0.507 e. The molecule has 2 aliphatic carbocycles. The largest absolute Gasteiger partial charge is 0.507 e. The predicted octanol–water partition coefficient (Wildman–Crippen LogP) is 5.71. The third kappa shape index (κ3) is 4.04. The maximum absolute atomic E-state index is 15.1. The van der Waals surface area contributed by atoms with Crippen molar-refractivity contribution in [1.82, 2.24) is 10.1 Å². The number of aromatic hydroxyl groups is 1. The number of hydrogen-bond donors (Lipinski definition) is 3. The van der Waals surface area contributed by atoms with Crippen LogP contribution in [0.1, 0.15) is 29.9 Å². The van der Waals surface area contributed by atoms with Gasteiger partial charge < -0.3 is 5.11 Å². The number of fused-ring (bicyclic) bond motifs is 5. The van der Waals surface area contributed by atoms with Crippen molar-refractivity contribution in [3.63, 3.8) is 0 Å². The van der Waals surface area contributed by atoms with Crippen LogP contribution in [0.3, 0.4) is 0 Å². The molecule has 9 nitrogen and oxygen atoms in total. The Hall–Kier alpha value is -5.06. The molecule has 4 aromatic carbocycles. The first-order valence-electron chi connectivity index (χ1n) is 15.3. The molecule has 2 saturated heterocycles. The Labute approximate surface area is 272 Å². The molecule has 3 fully saturated rings. The standard InChI is InChI=1S/C36H27ClFN3O6/c37-20-8-6-19(7-9-20)36-28(33(44)40(35(36)46)39-22-12-10-21(38)11-13-22)17-27-24(15-16-25-29(27)34(45)41(47)32(25)43)30(36)26-14-5-18-3-1-2-4-23(18)31(26)42/h1-15,25,27-30,39,42,47H,16-17H2/t25-,27+,28-,29-,30+,36+/m0/s1. The van der Waals surface area contributed by atoms with Gasteiger partial charge in [0.2, 0.25) is 0 Å². The molecular weight excluding hydrogens is 625 g/mol. The summed E-state index contributed by atoms with van der Waals surface area (Å²) >= 11 is 6.31. The number of nitrogens with zero attached hydrogens (tertiary/aromatic N) is 2. The van der Waals surface area contributed by atoms with Crippen LogP contribution in [0.25, 0.3) is 10.8 Å². The molecule has 0 unspecified atom stereocenters. The molecular formula is C36H27ClFN3O6. The van der Waals surface area contributed by atoms with Gasteiger partial charge >= 0.3 is 0 Å². The summed E-state index contributed by atoms with van der Waals surface area (Å²) in [5, 5.41) is 25.1. The van der Waals surface area contributed by atoms with Gasteiger partial charge in [-0.3, -0.25) is 29.8 Å². The average Bonchev–Trinajstić information content (AvgIpc) is 3.43. The van der Waals surface area contributed by atoms with E-state index in [4.69, 9.17) is 11.6 Å². The zero-order valence-electron chi connectivity index (χ0n) is 24.6. The van der Waals surface area contributed by atoms with Gasteiger partial charge in [-0.25, -0.2) is 4.39 Å². The second kappa shape index (κ2) is 10.5. The number of allylic oxidation sites excluding steroid dienone is 2. The summed E-state index contributed by atoms with van der Waals surface area (Å²) in [4.78, 5) is 56.0. The van der Waals surface area contributed by atoms with E-state index in [0.717, 1.165) is 10.4 Å². The van der Waals surface area contributed by atoms with Crippen molar-refractivity contribution < 1.29 is 33.9 Å². The fraction of sp³-hybridized carbons (Fsp3) is 0.222. The Morgan fingerprint density at radius 2 is 1.57 bits per heavy atom. The minimum atomic E-state index is -1.63. The normalized spacial score (nSPS) is 28.3. The summed E-state index contributed by atoms with van der Waals surface area (Å²) in [7, 11) is 0. The van der Waals surface area contributed by atoms with Gasteiger partial charge in [0.05, 0.1) is 28.9 Å². The lowest BCUT2D eigenvalue weighted by molar-refractivity contribution is -0.173. The van der Waals surface area contributed by atoms with Crippen LogP contribution in [0.15, 0.2) is 96.6 Å². The molecule has 47 heavy (non-hydrogen) atoms. The first kappa shape index (κ1) is 29.3. The Morgan fingerprint density at radius 3 is 2.32 bits per heavy atom. The van der Waals surface area contributed by atoms with Crippen LogP contribution in [0.4, 0.5) is 10.1 Å². The monoisotopic (exact) mass is 651 g/mol. The van der Waals surface area contributed by atoms with E-state index in [1.54, 1.807) is 42.5 Å². The number of benzene rings is 4. The van der Waals surface area contributed by atoms with Crippen molar-refractivity contribution in [3.8, 4) is 5.75 Å². The number of carbonyl (C=O) groups excluding carboxylic acids is 4. The Morgan fingerprint density at radius 1 is 0.851 bits per heavy atom. The van der Waals surface area contributed by atoms with Gasteiger partial charge in [-0.05, 0) is 66.1 Å². The van der Waals surface area contributed by atoms with E-state index in [2.05, 4.69) is 5.43 Å². The van der Waals surface area contributed by atoms with E-state index < -0.39 is 64.5 Å². The van der Waals surface area contributed by atoms with E-state index >= 15 is 4.79 Å². The molecule has 2 heterocycles. The first-order chi connectivity index (χ1) is 22.6. The summed E-state index contributed by atoms with van der Waals surface area (Å²) in [6.45, 7) is 0. The number of anilines is 1. The van der Waals surface area contributed by atoms with Crippen LogP contribution >= 0.6 is 11.6 Å². The molecule has 6 atom stereocenters. The van der Waals surface area contributed by atoms with Crippen molar-refractivity contribution in [2.75, 3.05) is 5.43 Å². The molecule has 1 saturated carbocycles. The number of nitrogens with one attached hydrogen (secondary N) is 1. The zero-order valence-corrected chi connectivity index (χ0v) is 25.4. The Bertz CT molecular complexity index is 2050. The van der Waals surface area contributed by atoms with E-state index in [-0.39, 0.29) is 23.7 Å². The molecule has 8 rings (SSSR count). The highest BCUT2D eigenvalue weighted by Gasteiger charge is 2.70. The number of amides is 4. The van der Waals surface area contributed by atoms with Crippen LogP contribution in [0.5, 0.6) is 5.75 Å². The fourth-order valence-corrected chi connectivity index (χ4v) is 8.61. The smallest absolute Gasteiger partial charge is 0.260 e. The number of phenols is 1. The predicted molar refractivity (Wildman–Crippen MR) is 168 cm³/mol. The van der Waals surface area contributed by atoms with Gasteiger partial charge in [0.1, 0.15) is 11.6 Å². The van der Waals surface area contributed by atoms with E-state index in [1.165, 1.54) is 24.3 Å². The maximum atomic E-state index is 15.1. The number of phenolic OH excluding ortho intramolecular Hbond substituents is 1. The first-order valence-corrected chi connectivity index (χ1v) is 15.6. The quantitative estimate of drug-likeness (QED) is 0.147. The lowest BCUT2D eigenvalue weighted by atomic mass is 9.49. The molecule has 4 aromatic rings. The number of halogens is 2.